The average molecular weight is 657 g/mol. The molecular formula is C33H44N2O10Si. The number of benzene rings is 1. The lowest BCUT2D eigenvalue weighted by molar-refractivity contribution is -0.0908. The van der Waals surface area contributed by atoms with Crippen molar-refractivity contribution in [3.05, 3.63) is 53.4 Å². The smallest absolute Gasteiger partial charge is 0.496 e. The number of hydrogen-bond acceptors (Lipinski definition) is 10. The van der Waals surface area contributed by atoms with Crippen LogP contribution in [0.5, 0.6) is 5.75 Å². The number of methoxy groups -OCH3 is 1. The molecule has 1 aromatic heterocycles. The third-order valence-electron chi connectivity index (χ3n) is 8.00. The van der Waals surface area contributed by atoms with Crippen LogP contribution in [0.2, 0.25) is 18.1 Å². The number of carbonyl (C=O) groups excluding carboxylic acids is 3. The summed E-state index contributed by atoms with van der Waals surface area (Å²) in [5.74, 6) is -2.15. The Morgan fingerprint density at radius 2 is 1.76 bits per heavy atom. The van der Waals surface area contributed by atoms with Gasteiger partial charge in [-0.25, -0.2) is 19.4 Å². The van der Waals surface area contributed by atoms with Gasteiger partial charge in [0.1, 0.15) is 17.5 Å². The molecule has 3 rings (SSSR count). The molecule has 2 N–H and O–H groups in total. The topological polar surface area (TPSA) is 160 Å². The molecular weight excluding hydrogens is 612 g/mol. The molecule has 1 aromatic carbocycles. The summed E-state index contributed by atoms with van der Waals surface area (Å²) in [7, 11) is -0.665. The number of carbonyl (C=O) groups is 4. The molecule has 12 nitrogen and oxygen atoms in total. The zero-order chi connectivity index (χ0) is 34.4. The van der Waals surface area contributed by atoms with E-state index < -0.39 is 44.7 Å². The van der Waals surface area contributed by atoms with Crippen LogP contribution < -0.4 is 10.1 Å². The fourth-order valence-corrected chi connectivity index (χ4v) is 5.16. The minimum atomic E-state index is -2.07. The van der Waals surface area contributed by atoms with Crippen molar-refractivity contribution in [3.63, 3.8) is 0 Å². The Kier molecular flexibility index (Phi) is 11.7. The largest absolute Gasteiger partial charge is 0.511 e. The molecule has 46 heavy (non-hydrogen) atoms. The maximum absolute atomic E-state index is 13.5. The van der Waals surface area contributed by atoms with Crippen molar-refractivity contribution in [2.45, 2.75) is 78.0 Å². The van der Waals surface area contributed by atoms with Gasteiger partial charge in [-0.15, -0.1) is 0 Å². The molecule has 0 radical (unpaired) electrons. The molecule has 0 bridgehead atoms. The summed E-state index contributed by atoms with van der Waals surface area (Å²) in [5, 5.41) is 12.8. The van der Waals surface area contributed by atoms with Crippen molar-refractivity contribution < 1.29 is 47.7 Å². The van der Waals surface area contributed by atoms with E-state index in [1.807, 2.05) is 0 Å². The number of esters is 1. The van der Waals surface area contributed by atoms with Gasteiger partial charge in [-0.3, -0.25) is 4.79 Å². The van der Waals surface area contributed by atoms with Gasteiger partial charge in [-0.1, -0.05) is 33.4 Å². The van der Waals surface area contributed by atoms with Gasteiger partial charge in [0.05, 0.1) is 19.3 Å². The van der Waals surface area contributed by atoms with E-state index in [0.717, 1.165) is 12.8 Å². The third kappa shape index (κ3) is 9.39. The van der Waals surface area contributed by atoms with E-state index in [1.54, 1.807) is 6.92 Å². The van der Waals surface area contributed by atoms with Gasteiger partial charge < -0.3 is 33.8 Å². The number of pyridine rings is 1. The lowest BCUT2D eigenvalue weighted by Crippen LogP contribution is -2.42. The molecule has 0 aliphatic heterocycles. The van der Waals surface area contributed by atoms with Crippen molar-refractivity contribution in [1.29, 1.82) is 0 Å². The first-order valence-electron chi connectivity index (χ1n) is 15.1. The van der Waals surface area contributed by atoms with Gasteiger partial charge in [-0.2, -0.15) is 0 Å². The summed E-state index contributed by atoms with van der Waals surface area (Å²) in [5.41, 5.74) is -0.0500. The maximum atomic E-state index is 13.5. The number of aromatic carboxylic acids is 1. The number of ether oxygens (including phenoxy) is 4. The van der Waals surface area contributed by atoms with Gasteiger partial charge in [0.15, 0.2) is 14.0 Å². The molecule has 2 aromatic rings. The summed E-state index contributed by atoms with van der Waals surface area (Å²) < 4.78 is 27.3. The first kappa shape index (κ1) is 36.2. The molecule has 1 heterocycles. The van der Waals surface area contributed by atoms with Crippen LogP contribution in [0.4, 0.5) is 4.79 Å². The van der Waals surface area contributed by atoms with Gasteiger partial charge in [0, 0.05) is 30.2 Å². The second-order valence-corrected chi connectivity index (χ2v) is 17.5. The molecule has 0 saturated heterocycles. The van der Waals surface area contributed by atoms with Gasteiger partial charge in [0.2, 0.25) is 6.29 Å². The monoisotopic (exact) mass is 656 g/mol. The van der Waals surface area contributed by atoms with Crippen LogP contribution in [0.1, 0.15) is 84.4 Å². The van der Waals surface area contributed by atoms with E-state index >= 15 is 0 Å². The standard InChI is InChI=1S/C33H44N2O10Si/c1-10-22-15-25(30(37)38)24(16-27(22)41-7)23-13-14-26(29(36)34-17-21-11-12-21)35-28(23)31(39)44-20(3)45-32(40)43-19(2)18-42-46(8,9)33(4,5)6/h10,13-16,19-21H,1,11-12,17-18H2,2-9H3,(H,34,36)(H,37,38). The lowest BCUT2D eigenvalue weighted by Gasteiger charge is -2.36. The van der Waals surface area contributed by atoms with Crippen molar-refractivity contribution in [2.24, 2.45) is 5.92 Å². The molecule has 1 aliphatic rings. The quantitative estimate of drug-likeness (QED) is 0.133. The average Bonchev–Trinajstić information content (AvgIpc) is 3.81. The fraction of sp³-hybridized carbons (Fsp3) is 0.485. The highest BCUT2D eigenvalue weighted by Crippen LogP contribution is 2.37. The predicted molar refractivity (Wildman–Crippen MR) is 173 cm³/mol. The van der Waals surface area contributed by atoms with Crippen molar-refractivity contribution in [2.75, 3.05) is 20.3 Å². The molecule has 0 spiro atoms. The summed E-state index contributed by atoms with van der Waals surface area (Å²) in [6, 6.07) is 5.59. The van der Waals surface area contributed by atoms with E-state index in [9.17, 15) is 24.3 Å². The third-order valence-corrected chi connectivity index (χ3v) is 12.5. The number of nitrogens with zero attached hydrogens (tertiary/aromatic N) is 1. The molecule has 1 fully saturated rings. The molecule has 250 valence electrons. The highest BCUT2D eigenvalue weighted by Gasteiger charge is 2.37. The molecule has 2 unspecified atom stereocenters. The zero-order valence-electron chi connectivity index (χ0n) is 27.7. The van der Waals surface area contributed by atoms with Crippen molar-refractivity contribution in [1.82, 2.24) is 10.3 Å². The maximum Gasteiger partial charge on any atom is 0.511 e. The van der Waals surface area contributed by atoms with Crippen LogP contribution in [0.15, 0.2) is 30.8 Å². The first-order valence-corrected chi connectivity index (χ1v) is 18.0. The number of nitrogens with one attached hydrogen (secondary N) is 1. The number of carboxylic acids is 1. The van der Waals surface area contributed by atoms with Crippen molar-refractivity contribution >= 4 is 38.4 Å². The number of carboxylic acid groups (broad SMARTS) is 1. The Morgan fingerprint density at radius 1 is 1.09 bits per heavy atom. The SMILES string of the molecule is C=Cc1cc(C(=O)O)c(-c2ccc(C(=O)NCC3CC3)nc2C(=O)OC(C)OC(=O)OC(C)CO[Si](C)(C)C(C)(C)C)cc1OC. The Morgan fingerprint density at radius 3 is 2.33 bits per heavy atom. The van der Waals surface area contributed by atoms with Crippen LogP contribution in [-0.2, 0) is 18.6 Å². The normalized spacial score (nSPS) is 14.4. The zero-order valence-corrected chi connectivity index (χ0v) is 28.7. The highest BCUT2D eigenvalue weighted by molar-refractivity contribution is 6.74. The van der Waals surface area contributed by atoms with Gasteiger partial charge >= 0.3 is 18.1 Å². The Labute approximate surface area is 270 Å². The predicted octanol–water partition coefficient (Wildman–Crippen LogP) is 6.30. The summed E-state index contributed by atoms with van der Waals surface area (Å²) in [4.78, 5) is 55.4. The van der Waals surface area contributed by atoms with Crippen LogP contribution in [-0.4, -0.2) is 75.1 Å². The van der Waals surface area contributed by atoms with Crippen LogP contribution in [0, 0.1) is 5.92 Å². The second-order valence-electron chi connectivity index (χ2n) is 12.7. The van der Waals surface area contributed by atoms with Gasteiger partial charge in [-0.05, 0) is 68.1 Å². The fourth-order valence-electron chi connectivity index (χ4n) is 4.08. The van der Waals surface area contributed by atoms with Crippen LogP contribution in [0.3, 0.4) is 0 Å². The number of amides is 1. The highest BCUT2D eigenvalue weighted by atomic mass is 28.4. The number of hydrogen-bond donors (Lipinski definition) is 2. The molecule has 1 saturated carbocycles. The van der Waals surface area contributed by atoms with E-state index in [1.165, 1.54) is 44.4 Å². The van der Waals surface area contributed by atoms with E-state index in [2.05, 4.69) is 50.7 Å². The van der Waals surface area contributed by atoms with Crippen LogP contribution in [0.25, 0.3) is 17.2 Å². The van der Waals surface area contributed by atoms with Crippen LogP contribution >= 0.6 is 0 Å². The van der Waals surface area contributed by atoms with E-state index in [4.69, 9.17) is 23.4 Å². The van der Waals surface area contributed by atoms with E-state index in [-0.39, 0.29) is 39.7 Å². The molecule has 1 amide bonds. The Hall–Kier alpha value is -4.23. The first-order chi connectivity index (χ1) is 21.5. The summed E-state index contributed by atoms with van der Waals surface area (Å²) >= 11 is 0. The summed E-state index contributed by atoms with van der Waals surface area (Å²) in [6.07, 6.45) is 0.347. The number of rotatable bonds is 14. The Bertz CT molecular complexity index is 1480. The second kappa shape index (κ2) is 14.9. The van der Waals surface area contributed by atoms with E-state index in [0.29, 0.717) is 23.8 Å². The summed E-state index contributed by atoms with van der Waals surface area (Å²) in [6.45, 7) is 17.8. The number of aromatic nitrogens is 1. The van der Waals surface area contributed by atoms with Crippen molar-refractivity contribution in [3.8, 4) is 16.9 Å². The molecule has 13 heteroatoms. The van der Waals surface area contributed by atoms with Gasteiger partial charge in [0.25, 0.3) is 5.91 Å². The molecule has 1 aliphatic carbocycles. The minimum absolute atomic E-state index is 0.0257. The Balaban J connectivity index is 1.85. The minimum Gasteiger partial charge on any atom is -0.496 e. The lowest BCUT2D eigenvalue weighted by atomic mass is 9.95. The molecule has 2 atom stereocenters.